The first-order valence-corrected chi connectivity index (χ1v) is 5.05. The lowest BCUT2D eigenvalue weighted by molar-refractivity contribution is 0.0157. The van der Waals surface area contributed by atoms with Gasteiger partial charge in [-0.25, -0.2) is 4.79 Å². The summed E-state index contributed by atoms with van der Waals surface area (Å²) in [5.74, 6) is -0.450. The van der Waals surface area contributed by atoms with Crippen molar-refractivity contribution in [1.29, 1.82) is 0 Å². The number of esters is 1. The van der Waals surface area contributed by atoms with E-state index in [1.807, 2.05) is 0 Å². The van der Waals surface area contributed by atoms with Gasteiger partial charge < -0.3 is 15.6 Å². The molecule has 88 valence electrons. The van der Waals surface area contributed by atoms with Crippen molar-refractivity contribution in [3.63, 3.8) is 0 Å². The Hall–Kier alpha value is -1.40. The summed E-state index contributed by atoms with van der Waals surface area (Å²) < 4.78 is 6.24. The second kappa shape index (κ2) is 3.57. The molecule has 0 amide bonds. The molecule has 1 heterocycles. The third-order valence-corrected chi connectivity index (χ3v) is 3.02. The van der Waals surface area contributed by atoms with Crippen LogP contribution in [0.15, 0.2) is 6.20 Å². The topological polar surface area (TPSA) is 90.4 Å². The first-order valence-electron chi connectivity index (χ1n) is 5.05. The molecule has 1 aromatic heterocycles. The molecule has 0 aliphatic heterocycles. The number of carbonyl (C=O) groups is 1. The van der Waals surface area contributed by atoms with Crippen molar-refractivity contribution in [3.8, 4) is 0 Å². The molecule has 1 aliphatic rings. The Bertz CT molecular complexity index is 421. The number of carbonyl (C=O) groups excluding carboxylic acids is 1. The minimum Gasteiger partial charge on any atom is -0.465 e. The van der Waals surface area contributed by atoms with E-state index < -0.39 is 17.6 Å². The van der Waals surface area contributed by atoms with Crippen molar-refractivity contribution in [2.45, 2.75) is 24.5 Å². The van der Waals surface area contributed by atoms with E-state index in [9.17, 15) is 9.90 Å². The molecule has 2 rings (SSSR count). The smallest absolute Gasteiger partial charge is 0.341 e. The van der Waals surface area contributed by atoms with Gasteiger partial charge in [0.25, 0.3) is 0 Å². The maximum absolute atomic E-state index is 11.5. The summed E-state index contributed by atoms with van der Waals surface area (Å²) in [6.45, 7) is 0. The summed E-state index contributed by atoms with van der Waals surface area (Å²) in [4.78, 5) is 11.5. The van der Waals surface area contributed by atoms with E-state index in [1.165, 1.54) is 13.3 Å². The highest BCUT2D eigenvalue weighted by Crippen LogP contribution is 2.40. The van der Waals surface area contributed by atoms with Crippen LogP contribution in [-0.2, 0) is 17.3 Å². The Morgan fingerprint density at radius 1 is 1.75 bits per heavy atom. The van der Waals surface area contributed by atoms with Crippen molar-refractivity contribution in [2.24, 2.45) is 12.8 Å². The lowest BCUT2D eigenvalue weighted by atomic mass is 9.72. The Kier molecular flexibility index (Phi) is 2.47. The van der Waals surface area contributed by atoms with Gasteiger partial charge in [-0.15, -0.1) is 0 Å². The highest BCUT2D eigenvalue weighted by atomic mass is 16.5. The molecule has 1 saturated carbocycles. The van der Waals surface area contributed by atoms with Crippen molar-refractivity contribution in [2.75, 3.05) is 7.11 Å². The van der Waals surface area contributed by atoms with Crippen LogP contribution >= 0.6 is 0 Å². The highest BCUT2D eigenvalue weighted by molar-refractivity contribution is 5.90. The average Bonchev–Trinajstić information content (AvgIpc) is 2.57. The number of nitrogens with zero attached hydrogens (tertiary/aromatic N) is 2. The van der Waals surface area contributed by atoms with Gasteiger partial charge in [0.15, 0.2) is 0 Å². The number of methoxy groups -OCH3 is 1. The van der Waals surface area contributed by atoms with Crippen molar-refractivity contribution in [3.05, 3.63) is 17.5 Å². The Morgan fingerprint density at radius 3 is 2.88 bits per heavy atom. The molecule has 0 spiro atoms. The van der Waals surface area contributed by atoms with Crippen LogP contribution in [0.1, 0.15) is 28.9 Å². The van der Waals surface area contributed by atoms with Crippen LogP contribution in [0.25, 0.3) is 0 Å². The lowest BCUT2D eigenvalue weighted by Crippen LogP contribution is -2.53. The van der Waals surface area contributed by atoms with Crippen LogP contribution in [0.3, 0.4) is 0 Å². The molecule has 0 unspecified atom stereocenters. The van der Waals surface area contributed by atoms with Gasteiger partial charge in [-0.2, -0.15) is 5.10 Å². The van der Waals surface area contributed by atoms with Crippen molar-refractivity contribution >= 4 is 5.97 Å². The molecule has 0 radical (unpaired) electrons. The molecule has 6 nitrogen and oxygen atoms in total. The van der Waals surface area contributed by atoms with Crippen molar-refractivity contribution in [1.82, 2.24) is 9.78 Å². The summed E-state index contributed by atoms with van der Waals surface area (Å²) >= 11 is 0. The van der Waals surface area contributed by atoms with E-state index in [4.69, 9.17) is 5.73 Å². The van der Waals surface area contributed by atoms with Gasteiger partial charge in [-0.3, -0.25) is 4.68 Å². The molecule has 3 N–H and O–H groups in total. The lowest BCUT2D eigenvalue weighted by Gasteiger charge is -2.42. The first-order chi connectivity index (χ1) is 7.48. The van der Waals surface area contributed by atoms with E-state index in [0.717, 1.165) is 0 Å². The van der Waals surface area contributed by atoms with Gasteiger partial charge in [-0.1, -0.05) is 0 Å². The molecule has 0 atom stereocenters. The Labute approximate surface area is 93.0 Å². The second-order valence-electron chi connectivity index (χ2n) is 4.24. The Balaban J connectivity index is 2.40. The van der Waals surface area contributed by atoms with E-state index in [0.29, 0.717) is 24.1 Å². The largest absolute Gasteiger partial charge is 0.465 e. The third-order valence-electron chi connectivity index (χ3n) is 3.02. The summed E-state index contributed by atoms with van der Waals surface area (Å²) in [7, 11) is 3.04. The maximum atomic E-state index is 11.5. The standard InChI is InChI=1S/C10H15N3O3/c1-13-8(10(11)3-6(14)4-10)7(5-12-13)9(15)16-2/h5-6,14H,3-4,11H2,1-2H3. The summed E-state index contributed by atoms with van der Waals surface area (Å²) in [5, 5.41) is 13.3. The Morgan fingerprint density at radius 2 is 2.38 bits per heavy atom. The van der Waals surface area contributed by atoms with Gasteiger partial charge in [-0.05, 0) is 12.8 Å². The number of aliphatic hydroxyl groups excluding tert-OH is 1. The minimum absolute atomic E-state index is 0.374. The summed E-state index contributed by atoms with van der Waals surface area (Å²) in [6.07, 6.45) is 1.93. The molecular formula is C10H15N3O3. The monoisotopic (exact) mass is 225 g/mol. The summed E-state index contributed by atoms with van der Waals surface area (Å²) in [6, 6.07) is 0. The average molecular weight is 225 g/mol. The van der Waals surface area contributed by atoms with Gasteiger partial charge in [0.2, 0.25) is 0 Å². The fraction of sp³-hybridized carbons (Fsp3) is 0.600. The SMILES string of the molecule is COC(=O)c1cnn(C)c1C1(N)CC(O)C1. The molecule has 0 saturated heterocycles. The molecule has 0 bridgehead atoms. The van der Waals surface area contributed by atoms with E-state index in [-0.39, 0.29) is 0 Å². The minimum atomic E-state index is -0.672. The number of ether oxygens (including phenoxy) is 1. The predicted molar refractivity (Wildman–Crippen MR) is 55.7 cm³/mol. The first kappa shape index (κ1) is 11.1. The van der Waals surface area contributed by atoms with Crippen LogP contribution in [0.5, 0.6) is 0 Å². The zero-order valence-corrected chi connectivity index (χ0v) is 9.30. The van der Waals surface area contributed by atoms with Crippen LogP contribution in [0.4, 0.5) is 0 Å². The molecule has 6 heteroatoms. The molecule has 0 aromatic carbocycles. The number of hydrogen-bond acceptors (Lipinski definition) is 5. The summed E-state index contributed by atoms with van der Waals surface area (Å²) in [5.41, 5.74) is 6.46. The molecule has 1 aromatic rings. The maximum Gasteiger partial charge on any atom is 0.341 e. The highest BCUT2D eigenvalue weighted by Gasteiger charge is 2.45. The molecule has 1 aliphatic carbocycles. The number of rotatable bonds is 2. The number of aliphatic hydroxyl groups is 1. The van der Waals surface area contributed by atoms with E-state index in [2.05, 4.69) is 9.84 Å². The zero-order chi connectivity index (χ0) is 11.9. The quantitative estimate of drug-likeness (QED) is 0.663. The predicted octanol–water partition coefficient (Wildman–Crippen LogP) is -0.485. The molecule has 1 fully saturated rings. The molecular weight excluding hydrogens is 210 g/mol. The zero-order valence-electron chi connectivity index (χ0n) is 9.30. The van der Waals surface area contributed by atoms with Gasteiger partial charge in [0, 0.05) is 7.05 Å². The number of aryl methyl sites for hydroxylation is 1. The number of nitrogens with two attached hydrogens (primary N) is 1. The third kappa shape index (κ3) is 1.50. The van der Waals surface area contributed by atoms with Crippen LogP contribution in [0.2, 0.25) is 0 Å². The fourth-order valence-electron chi connectivity index (χ4n) is 2.26. The number of aromatic nitrogens is 2. The van der Waals surface area contributed by atoms with Gasteiger partial charge >= 0.3 is 5.97 Å². The van der Waals surface area contributed by atoms with Gasteiger partial charge in [0.1, 0.15) is 5.56 Å². The van der Waals surface area contributed by atoms with Crippen LogP contribution < -0.4 is 5.73 Å². The van der Waals surface area contributed by atoms with Gasteiger partial charge in [0.05, 0.1) is 30.6 Å². The van der Waals surface area contributed by atoms with Crippen LogP contribution in [0, 0.1) is 0 Å². The molecule has 16 heavy (non-hydrogen) atoms. The fourth-order valence-corrected chi connectivity index (χ4v) is 2.26. The number of hydrogen-bond donors (Lipinski definition) is 2. The van der Waals surface area contributed by atoms with E-state index >= 15 is 0 Å². The van der Waals surface area contributed by atoms with Crippen molar-refractivity contribution < 1.29 is 14.6 Å². The normalized spacial score (nSPS) is 28.6. The second-order valence-corrected chi connectivity index (χ2v) is 4.24. The van der Waals surface area contributed by atoms with E-state index in [1.54, 1.807) is 11.7 Å². The van der Waals surface area contributed by atoms with Crippen LogP contribution in [-0.4, -0.2) is 34.1 Å².